The quantitative estimate of drug-likeness (QED) is 0.230. The molecule has 178 valence electrons. The summed E-state index contributed by atoms with van der Waals surface area (Å²) in [5, 5.41) is 11.5. The number of benzene rings is 3. The second kappa shape index (κ2) is 7.64. The Morgan fingerprint density at radius 2 is 1.42 bits per heavy atom. The third kappa shape index (κ3) is 2.81. The second-order valence-corrected chi connectivity index (χ2v) is 9.25. The summed E-state index contributed by atoms with van der Waals surface area (Å²) in [6, 6.07) is 17.5. The molecule has 2 fully saturated rings. The lowest BCUT2D eigenvalue weighted by Gasteiger charge is -2.27. The molecule has 0 bridgehead atoms. The number of Topliss-reactive ketones (excluding diaryl/α,β-unsaturated/α-hetero) is 2. The van der Waals surface area contributed by atoms with Gasteiger partial charge in [0.15, 0.2) is 0 Å². The van der Waals surface area contributed by atoms with Gasteiger partial charge in [-0.15, -0.1) is 0 Å². The Labute approximate surface area is 208 Å². The van der Waals surface area contributed by atoms with Gasteiger partial charge in [-0.05, 0) is 42.0 Å². The molecule has 1 aliphatic carbocycles. The van der Waals surface area contributed by atoms with Crippen molar-refractivity contribution in [2.24, 2.45) is 11.8 Å². The van der Waals surface area contributed by atoms with Crippen molar-refractivity contribution < 1.29 is 28.8 Å². The number of non-ortho nitro benzene ring substituents is 1. The number of nitrogens with zero attached hydrogens (tertiary/aromatic N) is 2. The predicted molar refractivity (Wildman–Crippen MR) is 126 cm³/mol. The zero-order valence-electron chi connectivity index (χ0n) is 18.3. The molecule has 9 nitrogen and oxygen atoms in total. The van der Waals surface area contributed by atoms with Crippen LogP contribution in [0.3, 0.4) is 0 Å². The maximum absolute atomic E-state index is 13.8. The van der Waals surface area contributed by atoms with E-state index in [2.05, 4.69) is 0 Å². The van der Waals surface area contributed by atoms with Gasteiger partial charge in [-0.25, -0.2) is 4.90 Å². The summed E-state index contributed by atoms with van der Waals surface area (Å²) in [7, 11) is 0. The van der Waals surface area contributed by atoms with Gasteiger partial charge in [0.25, 0.3) is 5.69 Å². The predicted octanol–water partition coefficient (Wildman–Crippen LogP) is 3.94. The van der Waals surface area contributed by atoms with Crippen LogP contribution < -0.4 is 4.90 Å². The Morgan fingerprint density at radius 3 is 1.97 bits per heavy atom. The third-order valence-corrected chi connectivity index (χ3v) is 7.29. The highest BCUT2D eigenvalue weighted by molar-refractivity contribution is 6.37. The van der Waals surface area contributed by atoms with E-state index in [1.54, 1.807) is 12.1 Å². The number of nitro benzene ring substituents is 1. The van der Waals surface area contributed by atoms with E-state index in [1.165, 1.54) is 60.7 Å². The van der Waals surface area contributed by atoms with Crippen LogP contribution in [-0.2, 0) is 14.3 Å². The van der Waals surface area contributed by atoms with Gasteiger partial charge in [-0.1, -0.05) is 35.9 Å². The highest BCUT2D eigenvalue weighted by atomic mass is 35.5. The molecule has 3 aromatic carbocycles. The van der Waals surface area contributed by atoms with Crippen molar-refractivity contribution in [2.45, 2.75) is 11.7 Å². The molecule has 36 heavy (non-hydrogen) atoms. The van der Waals surface area contributed by atoms with Crippen LogP contribution in [0.2, 0.25) is 5.02 Å². The molecule has 3 aliphatic rings. The van der Waals surface area contributed by atoms with E-state index in [9.17, 15) is 29.3 Å². The standard InChI is InChI=1S/C26H15ClN2O7/c27-14-7-11-15(12-8-14)28-24(32)19-20(25(28)33)26(22(30)17-3-1-2-4-18(17)23(26)31)36-21(19)13-5-9-16(10-6-13)29(34)35/h1-12,19-21H/t19-,20+,21+/m1/s1. The molecule has 6 rings (SSSR count). The molecule has 2 aliphatic heterocycles. The van der Waals surface area contributed by atoms with Gasteiger partial charge < -0.3 is 4.74 Å². The van der Waals surface area contributed by atoms with Gasteiger partial charge in [0.1, 0.15) is 0 Å². The molecule has 0 aromatic heterocycles. The van der Waals surface area contributed by atoms with E-state index in [1.807, 2.05) is 0 Å². The van der Waals surface area contributed by atoms with Crippen LogP contribution >= 0.6 is 11.6 Å². The average molecular weight is 503 g/mol. The summed E-state index contributed by atoms with van der Waals surface area (Å²) < 4.78 is 6.16. The lowest BCUT2D eigenvalue weighted by molar-refractivity contribution is -0.384. The molecule has 0 saturated carbocycles. The van der Waals surface area contributed by atoms with Crippen LogP contribution in [0.1, 0.15) is 32.4 Å². The highest BCUT2D eigenvalue weighted by Gasteiger charge is 2.74. The van der Waals surface area contributed by atoms with Crippen molar-refractivity contribution in [3.8, 4) is 0 Å². The van der Waals surface area contributed by atoms with Crippen molar-refractivity contribution in [3.05, 3.63) is 105 Å². The SMILES string of the molecule is O=C1[C@@H]2[C@@H](C(=O)N1c1ccc(Cl)cc1)C1(O[C@H]2c2ccc([N+](=O)[O-])cc2)C(=O)c2ccccc2C1=O. The van der Waals surface area contributed by atoms with E-state index in [0.29, 0.717) is 10.6 Å². The van der Waals surface area contributed by atoms with Crippen LogP contribution in [0.25, 0.3) is 0 Å². The van der Waals surface area contributed by atoms with Crippen LogP contribution in [0.5, 0.6) is 0 Å². The Balaban J connectivity index is 1.52. The van der Waals surface area contributed by atoms with E-state index in [4.69, 9.17) is 16.3 Å². The maximum Gasteiger partial charge on any atom is 0.269 e. The first-order chi connectivity index (χ1) is 17.3. The highest BCUT2D eigenvalue weighted by Crippen LogP contribution is 2.57. The minimum absolute atomic E-state index is 0.121. The molecular weight excluding hydrogens is 488 g/mol. The topological polar surface area (TPSA) is 124 Å². The Bertz CT molecular complexity index is 1460. The summed E-state index contributed by atoms with van der Waals surface area (Å²) >= 11 is 5.97. The number of rotatable bonds is 3. The summed E-state index contributed by atoms with van der Waals surface area (Å²) in [4.78, 5) is 66.4. The first kappa shape index (κ1) is 22.3. The third-order valence-electron chi connectivity index (χ3n) is 7.04. The van der Waals surface area contributed by atoms with E-state index in [0.717, 1.165) is 4.90 Å². The number of hydrogen-bond acceptors (Lipinski definition) is 7. The minimum atomic E-state index is -2.21. The van der Waals surface area contributed by atoms with Crippen molar-refractivity contribution in [3.63, 3.8) is 0 Å². The molecule has 3 aromatic rings. The number of amides is 2. The summed E-state index contributed by atoms with van der Waals surface area (Å²) in [6.45, 7) is 0. The number of carbonyl (C=O) groups excluding carboxylic acids is 4. The van der Waals surface area contributed by atoms with Crippen LogP contribution in [0, 0.1) is 22.0 Å². The molecule has 2 saturated heterocycles. The normalized spacial score (nSPS) is 23.9. The second-order valence-electron chi connectivity index (χ2n) is 8.82. The summed E-state index contributed by atoms with van der Waals surface area (Å²) in [6.07, 6.45) is -1.16. The minimum Gasteiger partial charge on any atom is -0.349 e. The number of nitro groups is 1. The molecule has 0 N–H and O–H groups in total. The Hall–Kier alpha value is -4.21. The number of ketones is 2. The van der Waals surface area contributed by atoms with Crippen molar-refractivity contribution in [1.29, 1.82) is 0 Å². The number of fused-ring (bicyclic) bond motifs is 3. The zero-order chi connectivity index (χ0) is 25.4. The molecule has 0 radical (unpaired) electrons. The number of carbonyl (C=O) groups is 4. The number of ether oxygens (including phenoxy) is 1. The number of halogens is 1. The monoisotopic (exact) mass is 502 g/mol. The summed E-state index contributed by atoms with van der Waals surface area (Å²) in [5.41, 5.74) is -1.57. The van der Waals surface area contributed by atoms with E-state index in [-0.39, 0.29) is 22.5 Å². The Kier molecular flexibility index (Phi) is 4.73. The molecule has 0 unspecified atom stereocenters. The molecule has 10 heteroatoms. The van der Waals surface area contributed by atoms with Crippen LogP contribution in [0.4, 0.5) is 11.4 Å². The van der Waals surface area contributed by atoms with Crippen molar-refractivity contribution >= 4 is 46.4 Å². The van der Waals surface area contributed by atoms with E-state index < -0.39 is 51.8 Å². The van der Waals surface area contributed by atoms with Gasteiger partial charge in [-0.2, -0.15) is 0 Å². The fourth-order valence-electron chi connectivity index (χ4n) is 5.45. The smallest absolute Gasteiger partial charge is 0.269 e. The van der Waals surface area contributed by atoms with Crippen molar-refractivity contribution in [2.75, 3.05) is 4.90 Å². The maximum atomic E-state index is 13.8. The van der Waals surface area contributed by atoms with Gasteiger partial charge >= 0.3 is 0 Å². The lowest BCUT2D eigenvalue weighted by Crippen LogP contribution is -2.51. The number of anilines is 1. The van der Waals surface area contributed by atoms with Gasteiger partial charge in [0, 0.05) is 28.3 Å². The summed E-state index contributed by atoms with van der Waals surface area (Å²) in [5.74, 6) is -5.33. The molecule has 2 amide bonds. The van der Waals surface area contributed by atoms with E-state index >= 15 is 0 Å². The number of hydrogen-bond donors (Lipinski definition) is 0. The Morgan fingerprint density at radius 1 is 0.833 bits per heavy atom. The van der Waals surface area contributed by atoms with Gasteiger partial charge in [0.2, 0.25) is 29.0 Å². The van der Waals surface area contributed by atoms with Crippen molar-refractivity contribution in [1.82, 2.24) is 0 Å². The average Bonchev–Trinajstić information content (AvgIpc) is 3.45. The molecule has 3 atom stereocenters. The first-order valence-corrected chi connectivity index (χ1v) is 11.4. The van der Waals surface area contributed by atoms with Crippen LogP contribution in [-0.4, -0.2) is 33.9 Å². The first-order valence-electron chi connectivity index (χ1n) is 11.0. The largest absolute Gasteiger partial charge is 0.349 e. The zero-order valence-corrected chi connectivity index (χ0v) is 19.0. The molecule has 1 spiro atoms. The lowest BCUT2D eigenvalue weighted by atomic mass is 9.77. The molecule has 2 heterocycles. The fraction of sp³-hybridized carbons (Fsp3) is 0.154. The van der Waals surface area contributed by atoms with Gasteiger partial charge in [0.05, 0.1) is 28.6 Å². The molecular formula is C26H15ClN2O7. The van der Waals surface area contributed by atoms with Gasteiger partial charge in [-0.3, -0.25) is 29.3 Å². The number of imide groups is 1. The van der Waals surface area contributed by atoms with Crippen LogP contribution in [0.15, 0.2) is 72.8 Å². The fourth-order valence-corrected chi connectivity index (χ4v) is 5.57.